The van der Waals surface area contributed by atoms with Crippen LogP contribution >= 0.6 is 0 Å². The van der Waals surface area contributed by atoms with Crippen molar-refractivity contribution in [2.45, 2.75) is 19.5 Å². The summed E-state index contributed by atoms with van der Waals surface area (Å²) in [6, 6.07) is 13.7. The zero-order valence-electron chi connectivity index (χ0n) is 14.9. The lowest BCUT2D eigenvalue weighted by Gasteiger charge is -2.12. The Kier molecular flexibility index (Phi) is 5.76. The van der Waals surface area contributed by atoms with Crippen molar-refractivity contribution in [1.82, 2.24) is 20.1 Å². The summed E-state index contributed by atoms with van der Waals surface area (Å²) in [4.78, 5) is 16.9. The maximum atomic E-state index is 12.7. The van der Waals surface area contributed by atoms with Crippen LogP contribution in [0.5, 0.6) is 0 Å². The predicted molar refractivity (Wildman–Crippen MR) is 99.8 cm³/mol. The van der Waals surface area contributed by atoms with E-state index >= 15 is 0 Å². The van der Waals surface area contributed by atoms with Crippen molar-refractivity contribution in [2.75, 3.05) is 13.7 Å². The average Bonchev–Trinajstić information content (AvgIpc) is 3.07. The first kappa shape index (κ1) is 17.8. The van der Waals surface area contributed by atoms with E-state index in [4.69, 9.17) is 4.74 Å². The second-order valence-corrected chi connectivity index (χ2v) is 6.15. The standard InChI is InChI=1S/C20H22N4O2/c1-15(14-26-2)22-20(25)18-13-24(12-16-7-4-3-5-8-16)23-19(18)17-9-6-10-21-11-17/h3-11,13,15H,12,14H2,1-2H3,(H,22,25)/t15-/m0/s1. The van der Waals surface area contributed by atoms with Gasteiger partial charge in [0.2, 0.25) is 0 Å². The Labute approximate surface area is 152 Å². The maximum Gasteiger partial charge on any atom is 0.255 e. The number of hydrogen-bond donors (Lipinski definition) is 1. The van der Waals surface area contributed by atoms with Crippen LogP contribution in [0.1, 0.15) is 22.8 Å². The van der Waals surface area contributed by atoms with E-state index in [1.165, 1.54) is 0 Å². The topological polar surface area (TPSA) is 69.0 Å². The van der Waals surface area contributed by atoms with Crippen LogP contribution in [0.3, 0.4) is 0 Å². The van der Waals surface area contributed by atoms with Crippen LogP contribution in [-0.4, -0.2) is 40.4 Å². The van der Waals surface area contributed by atoms with Gasteiger partial charge in [0.05, 0.1) is 18.7 Å². The van der Waals surface area contributed by atoms with Crippen LogP contribution in [0.25, 0.3) is 11.3 Å². The van der Waals surface area contributed by atoms with E-state index in [1.807, 2.05) is 49.4 Å². The van der Waals surface area contributed by atoms with Crippen molar-refractivity contribution in [2.24, 2.45) is 0 Å². The van der Waals surface area contributed by atoms with Gasteiger partial charge in [0.1, 0.15) is 5.69 Å². The van der Waals surface area contributed by atoms with Gasteiger partial charge in [-0.3, -0.25) is 14.5 Å². The van der Waals surface area contributed by atoms with Crippen molar-refractivity contribution < 1.29 is 9.53 Å². The van der Waals surface area contributed by atoms with Gasteiger partial charge in [-0.2, -0.15) is 5.10 Å². The molecule has 1 N–H and O–H groups in total. The fraction of sp³-hybridized carbons (Fsp3) is 0.250. The van der Waals surface area contributed by atoms with Gasteiger partial charge in [-0.05, 0) is 24.6 Å². The van der Waals surface area contributed by atoms with E-state index < -0.39 is 0 Å². The highest BCUT2D eigenvalue weighted by Gasteiger charge is 2.19. The Hall–Kier alpha value is -2.99. The molecule has 0 aliphatic heterocycles. The van der Waals surface area contributed by atoms with Crippen LogP contribution in [-0.2, 0) is 11.3 Å². The Balaban J connectivity index is 1.91. The van der Waals surface area contributed by atoms with Crippen molar-refractivity contribution in [3.8, 4) is 11.3 Å². The molecule has 1 atom stereocenters. The van der Waals surface area contributed by atoms with Crippen molar-refractivity contribution in [3.05, 3.63) is 72.2 Å². The monoisotopic (exact) mass is 350 g/mol. The van der Waals surface area contributed by atoms with E-state index in [0.29, 0.717) is 24.4 Å². The summed E-state index contributed by atoms with van der Waals surface area (Å²) in [5.74, 6) is -0.173. The number of nitrogens with one attached hydrogen (secondary N) is 1. The van der Waals surface area contributed by atoms with Gasteiger partial charge >= 0.3 is 0 Å². The molecule has 0 saturated carbocycles. The molecule has 3 rings (SSSR count). The number of methoxy groups -OCH3 is 1. The zero-order valence-corrected chi connectivity index (χ0v) is 14.9. The molecular formula is C20H22N4O2. The average molecular weight is 350 g/mol. The van der Waals surface area contributed by atoms with E-state index in [-0.39, 0.29) is 11.9 Å². The molecule has 0 bridgehead atoms. The van der Waals surface area contributed by atoms with Crippen molar-refractivity contribution in [1.29, 1.82) is 0 Å². The molecule has 2 aromatic heterocycles. The lowest BCUT2D eigenvalue weighted by atomic mass is 10.1. The normalized spacial score (nSPS) is 11.9. The zero-order chi connectivity index (χ0) is 18.4. The number of nitrogens with zero attached hydrogens (tertiary/aromatic N) is 3. The number of ether oxygens (including phenoxy) is 1. The second-order valence-electron chi connectivity index (χ2n) is 6.15. The lowest BCUT2D eigenvalue weighted by molar-refractivity contribution is 0.0906. The summed E-state index contributed by atoms with van der Waals surface area (Å²) in [5, 5.41) is 7.58. The number of rotatable bonds is 7. The highest BCUT2D eigenvalue weighted by molar-refractivity contribution is 5.99. The molecule has 0 aliphatic rings. The van der Waals surface area contributed by atoms with Crippen LogP contribution in [0.15, 0.2) is 61.1 Å². The van der Waals surface area contributed by atoms with Crippen LogP contribution in [0.2, 0.25) is 0 Å². The Morgan fingerprint density at radius 2 is 2.04 bits per heavy atom. The minimum atomic E-state index is -0.173. The molecule has 0 fully saturated rings. The van der Waals surface area contributed by atoms with Gasteiger partial charge in [0, 0.05) is 37.3 Å². The minimum absolute atomic E-state index is 0.0910. The van der Waals surface area contributed by atoms with Gasteiger partial charge in [-0.1, -0.05) is 30.3 Å². The number of carbonyl (C=O) groups is 1. The van der Waals surface area contributed by atoms with Crippen LogP contribution < -0.4 is 5.32 Å². The smallest absolute Gasteiger partial charge is 0.255 e. The molecule has 6 heteroatoms. The Morgan fingerprint density at radius 1 is 1.23 bits per heavy atom. The SMILES string of the molecule is COC[C@H](C)NC(=O)c1cn(Cc2ccccc2)nc1-c1cccnc1. The second kappa shape index (κ2) is 8.40. The summed E-state index contributed by atoms with van der Waals surface area (Å²) in [6.45, 7) is 2.95. The summed E-state index contributed by atoms with van der Waals surface area (Å²) in [6.07, 6.45) is 5.19. The molecule has 0 aliphatic carbocycles. The number of amides is 1. The third kappa shape index (κ3) is 4.34. The summed E-state index contributed by atoms with van der Waals surface area (Å²) in [5.41, 5.74) is 3.07. The van der Waals surface area contributed by atoms with Gasteiger partial charge in [0.25, 0.3) is 5.91 Å². The van der Waals surface area contributed by atoms with E-state index in [1.54, 1.807) is 30.4 Å². The number of hydrogen-bond acceptors (Lipinski definition) is 4. The number of benzene rings is 1. The molecular weight excluding hydrogens is 328 g/mol. The maximum absolute atomic E-state index is 12.7. The molecule has 134 valence electrons. The first-order valence-corrected chi connectivity index (χ1v) is 8.49. The minimum Gasteiger partial charge on any atom is -0.383 e. The molecule has 0 saturated heterocycles. The van der Waals surface area contributed by atoms with E-state index in [2.05, 4.69) is 15.4 Å². The first-order chi connectivity index (χ1) is 12.7. The molecule has 26 heavy (non-hydrogen) atoms. The third-order valence-electron chi connectivity index (χ3n) is 3.92. The van der Waals surface area contributed by atoms with Crippen molar-refractivity contribution in [3.63, 3.8) is 0 Å². The Bertz CT molecular complexity index is 847. The molecule has 1 aromatic carbocycles. The molecule has 3 aromatic rings. The highest BCUT2D eigenvalue weighted by Crippen LogP contribution is 2.22. The lowest BCUT2D eigenvalue weighted by Crippen LogP contribution is -2.35. The quantitative estimate of drug-likeness (QED) is 0.711. The number of pyridine rings is 1. The predicted octanol–water partition coefficient (Wildman–Crippen LogP) is 2.76. The largest absolute Gasteiger partial charge is 0.383 e. The summed E-state index contributed by atoms with van der Waals surface area (Å²) in [7, 11) is 1.61. The molecule has 6 nitrogen and oxygen atoms in total. The molecule has 0 spiro atoms. The number of aromatic nitrogens is 3. The van der Waals surface area contributed by atoms with E-state index in [9.17, 15) is 4.79 Å². The molecule has 1 amide bonds. The fourth-order valence-electron chi connectivity index (χ4n) is 2.75. The van der Waals surface area contributed by atoms with Gasteiger partial charge in [-0.25, -0.2) is 0 Å². The molecule has 0 radical (unpaired) electrons. The fourth-order valence-corrected chi connectivity index (χ4v) is 2.75. The van der Waals surface area contributed by atoms with Crippen LogP contribution in [0, 0.1) is 0 Å². The first-order valence-electron chi connectivity index (χ1n) is 8.49. The van der Waals surface area contributed by atoms with E-state index in [0.717, 1.165) is 11.1 Å². The highest BCUT2D eigenvalue weighted by atomic mass is 16.5. The molecule has 2 heterocycles. The third-order valence-corrected chi connectivity index (χ3v) is 3.92. The van der Waals surface area contributed by atoms with Gasteiger partial charge in [-0.15, -0.1) is 0 Å². The molecule has 0 unspecified atom stereocenters. The van der Waals surface area contributed by atoms with Crippen molar-refractivity contribution >= 4 is 5.91 Å². The summed E-state index contributed by atoms with van der Waals surface area (Å²) >= 11 is 0. The number of carbonyl (C=O) groups excluding carboxylic acids is 1. The Morgan fingerprint density at radius 3 is 2.73 bits per heavy atom. The summed E-state index contributed by atoms with van der Waals surface area (Å²) < 4.78 is 6.88. The van der Waals surface area contributed by atoms with Gasteiger partial charge in [0.15, 0.2) is 0 Å². The van der Waals surface area contributed by atoms with Crippen LogP contribution in [0.4, 0.5) is 0 Å². The van der Waals surface area contributed by atoms with Gasteiger partial charge < -0.3 is 10.1 Å².